The molecule has 0 aliphatic carbocycles. The summed E-state index contributed by atoms with van der Waals surface area (Å²) in [5.41, 5.74) is 0. The second kappa shape index (κ2) is 6.23. The highest BCUT2D eigenvalue weighted by molar-refractivity contribution is 6.32. The van der Waals surface area contributed by atoms with Gasteiger partial charge in [0, 0.05) is 19.6 Å². The van der Waals surface area contributed by atoms with Gasteiger partial charge in [-0.05, 0) is 18.8 Å². The van der Waals surface area contributed by atoms with Gasteiger partial charge in [0.2, 0.25) is 5.95 Å². The lowest BCUT2D eigenvalue weighted by molar-refractivity contribution is 0.568. The molecule has 0 radical (unpaired) electrons. The van der Waals surface area contributed by atoms with Crippen molar-refractivity contribution in [2.45, 2.75) is 33.1 Å². The summed E-state index contributed by atoms with van der Waals surface area (Å²) >= 11 is 6.21. The van der Waals surface area contributed by atoms with Crippen molar-refractivity contribution in [1.29, 1.82) is 0 Å². The van der Waals surface area contributed by atoms with Crippen molar-refractivity contribution in [2.24, 2.45) is 5.92 Å². The van der Waals surface area contributed by atoms with Gasteiger partial charge < -0.3 is 10.2 Å². The van der Waals surface area contributed by atoms with E-state index in [0.29, 0.717) is 11.0 Å². The van der Waals surface area contributed by atoms with E-state index in [1.165, 1.54) is 12.8 Å². The third-order valence-corrected chi connectivity index (χ3v) is 3.69. The fraction of sp³-hybridized carbons (Fsp3) is 0.692. The predicted octanol–water partition coefficient (Wildman–Crippen LogP) is 3.19. The second-order valence-corrected chi connectivity index (χ2v) is 5.21. The van der Waals surface area contributed by atoms with Crippen LogP contribution in [0, 0.1) is 5.92 Å². The molecule has 2 rings (SSSR count). The van der Waals surface area contributed by atoms with Gasteiger partial charge in [0.25, 0.3) is 0 Å². The zero-order valence-electron chi connectivity index (χ0n) is 11.1. The van der Waals surface area contributed by atoms with Gasteiger partial charge in [-0.3, -0.25) is 0 Å². The Morgan fingerprint density at radius 1 is 1.50 bits per heavy atom. The average molecular weight is 269 g/mol. The van der Waals surface area contributed by atoms with Crippen molar-refractivity contribution >= 4 is 23.4 Å². The second-order valence-electron chi connectivity index (χ2n) is 4.80. The molecule has 0 saturated carbocycles. The fourth-order valence-electron chi connectivity index (χ4n) is 2.26. The first kappa shape index (κ1) is 13.4. The maximum Gasteiger partial charge on any atom is 0.224 e. The number of halogens is 1. The number of nitrogens with zero attached hydrogens (tertiary/aromatic N) is 3. The van der Waals surface area contributed by atoms with Crippen LogP contribution in [-0.4, -0.2) is 29.6 Å². The highest BCUT2D eigenvalue weighted by Crippen LogP contribution is 2.29. The third-order valence-electron chi connectivity index (χ3n) is 3.42. The quantitative estimate of drug-likeness (QED) is 0.890. The maximum atomic E-state index is 6.21. The van der Waals surface area contributed by atoms with Crippen LogP contribution in [0.5, 0.6) is 0 Å². The summed E-state index contributed by atoms with van der Waals surface area (Å²) in [4.78, 5) is 11.0. The lowest BCUT2D eigenvalue weighted by Gasteiger charge is -2.19. The number of aromatic nitrogens is 2. The monoisotopic (exact) mass is 268 g/mol. The van der Waals surface area contributed by atoms with E-state index in [9.17, 15) is 0 Å². The van der Waals surface area contributed by atoms with E-state index in [2.05, 4.69) is 34.0 Å². The lowest BCUT2D eigenvalue weighted by Crippen LogP contribution is -2.22. The molecule has 0 aromatic carbocycles. The molecule has 2 heterocycles. The standard InChI is InChI=1S/C13H21ClN4/c1-3-6-15-13-16-8-11(14)12(17-13)18-7-5-10(4-2)9-18/h8,10H,3-7,9H2,1-2H3,(H,15,16,17). The molecule has 1 aliphatic rings. The molecule has 1 atom stereocenters. The van der Waals surface area contributed by atoms with Crippen LogP contribution in [-0.2, 0) is 0 Å². The molecule has 18 heavy (non-hydrogen) atoms. The van der Waals surface area contributed by atoms with E-state index < -0.39 is 0 Å². The zero-order chi connectivity index (χ0) is 13.0. The fourth-order valence-corrected chi connectivity index (χ4v) is 2.47. The summed E-state index contributed by atoms with van der Waals surface area (Å²) in [6.07, 6.45) is 5.21. The van der Waals surface area contributed by atoms with Gasteiger partial charge in [-0.25, -0.2) is 4.98 Å². The Morgan fingerprint density at radius 2 is 2.33 bits per heavy atom. The van der Waals surface area contributed by atoms with Crippen LogP contribution in [0.3, 0.4) is 0 Å². The molecule has 0 bridgehead atoms. The van der Waals surface area contributed by atoms with Gasteiger partial charge in [0.15, 0.2) is 5.82 Å². The molecular weight excluding hydrogens is 248 g/mol. The van der Waals surface area contributed by atoms with Crippen molar-refractivity contribution < 1.29 is 0 Å². The molecule has 1 aliphatic heterocycles. The Labute approximate surface area is 114 Å². The molecule has 1 aromatic heterocycles. The summed E-state index contributed by atoms with van der Waals surface area (Å²) in [6, 6.07) is 0. The molecule has 5 heteroatoms. The summed E-state index contributed by atoms with van der Waals surface area (Å²) in [5, 5.41) is 3.85. The Kier molecular flexibility index (Phi) is 4.64. The van der Waals surface area contributed by atoms with Gasteiger partial charge >= 0.3 is 0 Å². The highest BCUT2D eigenvalue weighted by atomic mass is 35.5. The van der Waals surface area contributed by atoms with Gasteiger partial charge in [0.1, 0.15) is 5.02 Å². The molecule has 0 amide bonds. The van der Waals surface area contributed by atoms with E-state index in [1.807, 2.05) is 0 Å². The molecule has 1 unspecified atom stereocenters. The molecule has 1 saturated heterocycles. The molecule has 1 aromatic rings. The smallest absolute Gasteiger partial charge is 0.224 e. The Hall–Kier alpha value is -1.03. The largest absolute Gasteiger partial charge is 0.355 e. The van der Waals surface area contributed by atoms with E-state index in [1.54, 1.807) is 6.20 Å². The highest BCUT2D eigenvalue weighted by Gasteiger charge is 2.24. The molecule has 0 spiro atoms. The van der Waals surface area contributed by atoms with Crippen LogP contribution in [0.25, 0.3) is 0 Å². The first-order chi connectivity index (χ1) is 8.74. The summed E-state index contributed by atoms with van der Waals surface area (Å²) in [7, 11) is 0. The SMILES string of the molecule is CCCNc1ncc(Cl)c(N2CCC(CC)C2)n1. The predicted molar refractivity (Wildman–Crippen MR) is 76.4 cm³/mol. The summed E-state index contributed by atoms with van der Waals surface area (Å²) in [5.74, 6) is 2.32. The molecule has 1 N–H and O–H groups in total. The number of hydrogen-bond donors (Lipinski definition) is 1. The van der Waals surface area contributed by atoms with Crippen LogP contribution < -0.4 is 10.2 Å². The van der Waals surface area contributed by atoms with E-state index in [-0.39, 0.29) is 0 Å². The molecule has 4 nitrogen and oxygen atoms in total. The van der Waals surface area contributed by atoms with Crippen LogP contribution in [0.15, 0.2) is 6.20 Å². The van der Waals surface area contributed by atoms with E-state index >= 15 is 0 Å². The normalized spacial score (nSPS) is 19.3. The number of nitrogens with one attached hydrogen (secondary N) is 1. The Balaban J connectivity index is 2.11. The average Bonchev–Trinajstić information content (AvgIpc) is 2.86. The van der Waals surface area contributed by atoms with E-state index in [4.69, 9.17) is 11.6 Å². The van der Waals surface area contributed by atoms with Crippen molar-refractivity contribution in [3.05, 3.63) is 11.2 Å². The first-order valence-corrected chi connectivity index (χ1v) is 7.13. The van der Waals surface area contributed by atoms with Crippen LogP contribution >= 0.6 is 11.6 Å². The third kappa shape index (κ3) is 3.05. The van der Waals surface area contributed by atoms with Crippen molar-refractivity contribution in [3.8, 4) is 0 Å². The Morgan fingerprint density at radius 3 is 3.00 bits per heavy atom. The number of hydrogen-bond acceptors (Lipinski definition) is 4. The van der Waals surface area contributed by atoms with Gasteiger partial charge in [0.05, 0.1) is 6.20 Å². The van der Waals surface area contributed by atoms with Crippen LogP contribution in [0.4, 0.5) is 11.8 Å². The maximum absolute atomic E-state index is 6.21. The van der Waals surface area contributed by atoms with Gasteiger partial charge in [-0.2, -0.15) is 4.98 Å². The number of rotatable bonds is 5. The molecular formula is C13H21ClN4. The van der Waals surface area contributed by atoms with Gasteiger partial charge in [-0.15, -0.1) is 0 Å². The zero-order valence-corrected chi connectivity index (χ0v) is 11.9. The summed E-state index contributed by atoms with van der Waals surface area (Å²) < 4.78 is 0. The van der Waals surface area contributed by atoms with Crippen molar-refractivity contribution in [1.82, 2.24) is 9.97 Å². The van der Waals surface area contributed by atoms with Crippen LogP contribution in [0.2, 0.25) is 5.02 Å². The topological polar surface area (TPSA) is 41.1 Å². The van der Waals surface area contributed by atoms with Crippen molar-refractivity contribution in [3.63, 3.8) is 0 Å². The minimum Gasteiger partial charge on any atom is -0.355 e. The minimum atomic E-state index is 0.647. The minimum absolute atomic E-state index is 0.647. The van der Waals surface area contributed by atoms with Crippen molar-refractivity contribution in [2.75, 3.05) is 29.9 Å². The van der Waals surface area contributed by atoms with Crippen LogP contribution in [0.1, 0.15) is 33.1 Å². The first-order valence-electron chi connectivity index (χ1n) is 6.76. The van der Waals surface area contributed by atoms with E-state index in [0.717, 1.165) is 37.8 Å². The molecule has 1 fully saturated rings. The number of anilines is 2. The van der Waals surface area contributed by atoms with Gasteiger partial charge in [-0.1, -0.05) is 31.9 Å². The Bertz CT molecular complexity index is 397. The molecule has 100 valence electrons. The lowest BCUT2D eigenvalue weighted by atomic mass is 10.1. The summed E-state index contributed by atoms with van der Waals surface area (Å²) in [6.45, 7) is 7.35.